The molecule has 0 unspecified atom stereocenters. The van der Waals surface area contributed by atoms with Gasteiger partial charge in [0.05, 0.1) is 10.6 Å². The first kappa shape index (κ1) is 18.0. The molecule has 0 saturated heterocycles. The molecule has 1 aromatic heterocycles. The molecule has 0 N–H and O–H groups in total. The summed E-state index contributed by atoms with van der Waals surface area (Å²) in [4.78, 5) is 0.279. The van der Waals surface area contributed by atoms with Crippen molar-refractivity contribution in [2.45, 2.75) is 38.1 Å². The fourth-order valence-corrected chi connectivity index (χ4v) is 3.59. The molecule has 0 saturated carbocycles. The van der Waals surface area contributed by atoms with Gasteiger partial charge < -0.3 is 4.52 Å². The molecule has 0 spiro atoms. The van der Waals surface area contributed by atoms with Gasteiger partial charge in [0, 0.05) is 25.0 Å². The van der Waals surface area contributed by atoms with Gasteiger partial charge in [-0.15, -0.1) is 11.6 Å². The number of benzene rings is 1. The molecule has 0 amide bonds. The highest BCUT2D eigenvalue weighted by Gasteiger charge is 2.23. The van der Waals surface area contributed by atoms with Crippen LogP contribution in [-0.4, -0.2) is 30.8 Å². The minimum atomic E-state index is -3.55. The Balaban J connectivity index is 2.17. The van der Waals surface area contributed by atoms with E-state index in [9.17, 15) is 8.42 Å². The van der Waals surface area contributed by atoms with Crippen molar-refractivity contribution in [2.24, 2.45) is 0 Å². The number of aryl methyl sites for hydroxylation is 3. The van der Waals surface area contributed by atoms with Gasteiger partial charge in [0.15, 0.2) is 0 Å². The zero-order chi connectivity index (χ0) is 17.0. The Bertz CT molecular complexity index is 735. The van der Waals surface area contributed by atoms with Crippen LogP contribution in [0.25, 0.3) is 0 Å². The number of hydrogen-bond acceptors (Lipinski definition) is 4. The fourth-order valence-electron chi connectivity index (χ4n) is 2.31. The van der Waals surface area contributed by atoms with Crippen molar-refractivity contribution >= 4 is 21.6 Å². The van der Waals surface area contributed by atoms with E-state index in [1.165, 1.54) is 4.31 Å². The van der Waals surface area contributed by atoms with Crippen LogP contribution in [-0.2, 0) is 23.0 Å². The SMILES string of the molecule is Cc1noc(C)c1CN(C)S(=O)(=O)c1ccc(CCCCl)cc1. The second kappa shape index (κ2) is 7.47. The van der Waals surface area contributed by atoms with Crippen molar-refractivity contribution in [3.63, 3.8) is 0 Å². The largest absolute Gasteiger partial charge is 0.361 e. The quantitative estimate of drug-likeness (QED) is 0.714. The number of alkyl halides is 1. The van der Waals surface area contributed by atoms with Gasteiger partial charge in [0.2, 0.25) is 10.0 Å². The zero-order valence-corrected chi connectivity index (χ0v) is 15.1. The van der Waals surface area contributed by atoms with Gasteiger partial charge in [-0.25, -0.2) is 8.42 Å². The van der Waals surface area contributed by atoms with Crippen LogP contribution in [0.1, 0.15) is 29.0 Å². The van der Waals surface area contributed by atoms with E-state index in [-0.39, 0.29) is 11.4 Å². The van der Waals surface area contributed by atoms with Crippen LogP contribution in [0.15, 0.2) is 33.7 Å². The Morgan fingerprint density at radius 1 is 1.22 bits per heavy atom. The van der Waals surface area contributed by atoms with Crippen molar-refractivity contribution < 1.29 is 12.9 Å². The fraction of sp³-hybridized carbons (Fsp3) is 0.438. The molecule has 0 aliphatic rings. The van der Waals surface area contributed by atoms with Gasteiger partial charge in [0.1, 0.15) is 5.76 Å². The van der Waals surface area contributed by atoms with Crippen LogP contribution in [0.3, 0.4) is 0 Å². The highest BCUT2D eigenvalue weighted by Crippen LogP contribution is 2.21. The molecular formula is C16H21ClN2O3S. The van der Waals surface area contributed by atoms with Crippen LogP contribution in [0.4, 0.5) is 0 Å². The molecule has 23 heavy (non-hydrogen) atoms. The molecule has 0 aliphatic carbocycles. The molecule has 2 rings (SSSR count). The third-order valence-corrected chi connectivity index (χ3v) is 5.88. The molecule has 5 nitrogen and oxygen atoms in total. The third kappa shape index (κ3) is 4.13. The molecule has 0 fully saturated rings. The van der Waals surface area contributed by atoms with Gasteiger partial charge in [-0.2, -0.15) is 4.31 Å². The maximum absolute atomic E-state index is 12.7. The maximum Gasteiger partial charge on any atom is 0.243 e. The Labute approximate surface area is 142 Å². The first-order chi connectivity index (χ1) is 10.9. The predicted octanol–water partition coefficient (Wildman–Crippen LogP) is 3.28. The summed E-state index contributed by atoms with van der Waals surface area (Å²) in [5, 5.41) is 3.86. The van der Waals surface area contributed by atoms with Crippen LogP contribution in [0.2, 0.25) is 0 Å². The first-order valence-electron chi connectivity index (χ1n) is 7.39. The molecule has 0 radical (unpaired) electrons. The second-order valence-corrected chi connectivity index (χ2v) is 7.92. The summed E-state index contributed by atoms with van der Waals surface area (Å²) in [5.41, 5.74) is 2.59. The summed E-state index contributed by atoms with van der Waals surface area (Å²) in [6.45, 7) is 3.82. The summed E-state index contributed by atoms with van der Waals surface area (Å²) in [5.74, 6) is 1.24. The predicted molar refractivity (Wildman–Crippen MR) is 90.1 cm³/mol. The van der Waals surface area contributed by atoms with Crippen LogP contribution >= 0.6 is 11.6 Å². The van der Waals surface area contributed by atoms with E-state index in [4.69, 9.17) is 16.1 Å². The van der Waals surface area contributed by atoms with Gasteiger partial charge >= 0.3 is 0 Å². The molecule has 2 aromatic rings. The number of rotatable bonds is 7. The number of sulfonamides is 1. The lowest BCUT2D eigenvalue weighted by molar-refractivity contribution is 0.390. The van der Waals surface area contributed by atoms with E-state index in [0.29, 0.717) is 17.3 Å². The standard InChI is InChI=1S/C16H21ClN2O3S/c1-12-16(13(2)22-18-12)11-19(3)23(20,21)15-8-6-14(7-9-15)5-4-10-17/h6-9H,4-5,10-11H2,1-3H3. The molecule has 0 aliphatic heterocycles. The van der Waals surface area contributed by atoms with Crippen LogP contribution in [0, 0.1) is 13.8 Å². The number of aromatic nitrogens is 1. The summed E-state index contributed by atoms with van der Waals surface area (Å²) in [6, 6.07) is 6.96. The Kier molecular flexibility index (Phi) is 5.84. The topological polar surface area (TPSA) is 63.4 Å². The van der Waals surface area contributed by atoms with Gasteiger partial charge in [-0.3, -0.25) is 0 Å². The number of halogens is 1. The van der Waals surface area contributed by atoms with Crippen LogP contribution < -0.4 is 0 Å². The van der Waals surface area contributed by atoms with E-state index >= 15 is 0 Å². The van der Waals surface area contributed by atoms with Gasteiger partial charge in [0.25, 0.3) is 0 Å². The average Bonchev–Trinajstić information content (AvgIpc) is 2.85. The lowest BCUT2D eigenvalue weighted by Crippen LogP contribution is -2.27. The van der Waals surface area contributed by atoms with Gasteiger partial charge in [-0.05, 0) is 44.4 Å². The van der Waals surface area contributed by atoms with Crippen molar-refractivity contribution in [1.29, 1.82) is 0 Å². The van der Waals surface area contributed by atoms with E-state index in [2.05, 4.69) is 5.16 Å². The monoisotopic (exact) mass is 356 g/mol. The molecule has 0 atom stereocenters. The number of hydrogen-bond donors (Lipinski definition) is 0. The Morgan fingerprint density at radius 2 is 1.87 bits per heavy atom. The molecule has 1 aromatic carbocycles. The molecule has 0 bridgehead atoms. The van der Waals surface area contributed by atoms with Crippen molar-refractivity contribution in [3.05, 3.63) is 46.8 Å². The Hall–Kier alpha value is -1.37. The van der Waals surface area contributed by atoms with Crippen molar-refractivity contribution in [2.75, 3.05) is 12.9 Å². The average molecular weight is 357 g/mol. The Morgan fingerprint density at radius 3 is 2.39 bits per heavy atom. The molecular weight excluding hydrogens is 336 g/mol. The summed E-state index contributed by atoms with van der Waals surface area (Å²) in [6.07, 6.45) is 1.72. The molecule has 7 heteroatoms. The van der Waals surface area contributed by atoms with Crippen molar-refractivity contribution in [3.8, 4) is 0 Å². The second-order valence-electron chi connectivity index (χ2n) is 5.50. The molecule has 1 heterocycles. The lowest BCUT2D eigenvalue weighted by atomic mass is 10.1. The minimum Gasteiger partial charge on any atom is -0.361 e. The van der Waals surface area contributed by atoms with E-state index < -0.39 is 10.0 Å². The van der Waals surface area contributed by atoms with E-state index in [0.717, 1.165) is 24.0 Å². The lowest BCUT2D eigenvalue weighted by Gasteiger charge is -2.17. The van der Waals surface area contributed by atoms with E-state index in [1.807, 2.05) is 12.1 Å². The smallest absolute Gasteiger partial charge is 0.243 e. The summed E-state index contributed by atoms with van der Waals surface area (Å²) >= 11 is 5.67. The van der Waals surface area contributed by atoms with Crippen LogP contribution in [0.5, 0.6) is 0 Å². The zero-order valence-electron chi connectivity index (χ0n) is 13.5. The third-order valence-electron chi connectivity index (χ3n) is 3.79. The normalized spacial score (nSPS) is 12.0. The summed E-state index contributed by atoms with van der Waals surface area (Å²) < 4.78 is 31.7. The van der Waals surface area contributed by atoms with Gasteiger partial charge in [-0.1, -0.05) is 17.3 Å². The summed E-state index contributed by atoms with van der Waals surface area (Å²) in [7, 11) is -1.99. The highest BCUT2D eigenvalue weighted by molar-refractivity contribution is 7.89. The maximum atomic E-state index is 12.7. The molecule has 126 valence electrons. The first-order valence-corrected chi connectivity index (χ1v) is 9.36. The minimum absolute atomic E-state index is 0.234. The number of nitrogens with zero attached hydrogens (tertiary/aromatic N) is 2. The highest BCUT2D eigenvalue weighted by atomic mass is 35.5. The van der Waals surface area contributed by atoms with Crippen molar-refractivity contribution in [1.82, 2.24) is 9.46 Å². The van der Waals surface area contributed by atoms with E-state index in [1.54, 1.807) is 33.0 Å².